The molecule has 116 valence electrons. The highest BCUT2D eigenvalue weighted by Crippen LogP contribution is 2.17. The number of amides is 2. The predicted molar refractivity (Wildman–Crippen MR) is 85.0 cm³/mol. The minimum Gasteiger partial charge on any atom is -0.342 e. The van der Waals surface area contributed by atoms with Crippen LogP contribution in [0.3, 0.4) is 0 Å². The number of hydrogen-bond acceptors (Lipinski definition) is 3. The number of benzene rings is 1. The molecule has 1 aromatic carbocycles. The number of hydrogen-bond donors (Lipinski definition) is 2. The Morgan fingerprint density at radius 3 is 2.57 bits per heavy atom. The molecule has 0 aliphatic heterocycles. The molecule has 21 heavy (non-hydrogen) atoms. The lowest BCUT2D eigenvalue weighted by atomic mass is 10.1. The Labute approximate surface area is 126 Å². The molecule has 0 aromatic heterocycles. The van der Waals surface area contributed by atoms with Crippen LogP contribution in [0, 0.1) is 0 Å². The number of anilines is 1. The molecular weight excluding hydrogens is 266 g/mol. The molecule has 1 unspecified atom stereocenters. The van der Waals surface area contributed by atoms with Crippen LogP contribution >= 0.6 is 0 Å². The van der Waals surface area contributed by atoms with Gasteiger partial charge in [-0.15, -0.1) is 0 Å². The van der Waals surface area contributed by atoms with E-state index in [1.54, 1.807) is 11.9 Å². The number of para-hydroxylation sites is 1. The van der Waals surface area contributed by atoms with Crippen LogP contribution in [0.2, 0.25) is 0 Å². The quantitative estimate of drug-likeness (QED) is 0.807. The molecular formula is C16H25N3O2. The van der Waals surface area contributed by atoms with Crippen molar-refractivity contribution < 1.29 is 9.59 Å². The van der Waals surface area contributed by atoms with Crippen molar-refractivity contribution in [2.45, 2.75) is 39.8 Å². The van der Waals surface area contributed by atoms with Gasteiger partial charge in [0.05, 0.1) is 0 Å². The number of rotatable bonds is 7. The van der Waals surface area contributed by atoms with Crippen LogP contribution in [0.1, 0.15) is 32.8 Å². The summed E-state index contributed by atoms with van der Waals surface area (Å²) in [5.74, 6) is -0.0294. The molecule has 2 amide bonds. The van der Waals surface area contributed by atoms with Crippen molar-refractivity contribution in [2.75, 3.05) is 18.9 Å². The van der Waals surface area contributed by atoms with Crippen LogP contribution in [0.4, 0.5) is 5.69 Å². The van der Waals surface area contributed by atoms with Crippen molar-refractivity contribution in [3.8, 4) is 0 Å². The van der Waals surface area contributed by atoms with Crippen LogP contribution in [0.25, 0.3) is 0 Å². The number of carbonyl (C=O) groups excluding carboxylic acids is 2. The maximum atomic E-state index is 12.0. The van der Waals surface area contributed by atoms with E-state index in [0.29, 0.717) is 13.0 Å². The molecule has 1 aromatic rings. The summed E-state index contributed by atoms with van der Waals surface area (Å²) in [6.45, 7) is 6.85. The van der Waals surface area contributed by atoms with Gasteiger partial charge in [-0.3, -0.25) is 9.59 Å². The summed E-state index contributed by atoms with van der Waals surface area (Å²) in [7, 11) is 1.74. The molecule has 2 N–H and O–H groups in total. The lowest BCUT2D eigenvalue weighted by Crippen LogP contribution is -2.30. The van der Waals surface area contributed by atoms with Gasteiger partial charge < -0.3 is 15.5 Å². The molecule has 0 bridgehead atoms. The fourth-order valence-electron chi connectivity index (χ4n) is 2.05. The lowest BCUT2D eigenvalue weighted by molar-refractivity contribution is -0.128. The fourth-order valence-corrected chi connectivity index (χ4v) is 2.05. The summed E-state index contributed by atoms with van der Waals surface area (Å²) in [6, 6.07) is 7.70. The van der Waals surface area contributed by atoms with E-state index in [2.05, 4.69) is 10.6 Å². The molecule has 5 nitrogen and oxygen atoms in total. The Hall–Kier alpha value is -1.88. The summed E-state index contributed by atoms with van der Waals surface area (Å²) in [4.78, 5) is 25.0. The van der Waals surface area contributed by atoms with Crippen LogP contribution in [0.5, 0.6) is 0 Å². The minimum atomic E-state index is -0.0265. The highest BCUT2D eigenvalue weighted by molar-refractivity contribution is 5.91. The van der Waals surface area contributed by atoms with Gasteiger partial charge in [0.2, 0.25) is 11.8 Å². The second kappa shape index (κ2) is 8.42. The third-order valence-corrected chi connectivity index (χ3v) is 3.28. The first-order valence-electron chi connectivity index (χ1n) is 7.26. The van der Waals surface area contributed by atoms with Gasteiger partial charge in [0.25, 0.3) is 0 Å². The largest absolute Gasteiger partial charge is 0.342 e. The zero-order valence-electron chi connectivity index (χ0n) is 13.3. The summed E-state index contributed by atoms with van der Waals surface area (Å²) < 4.78 is 0. The van der Waals surface area contributed by atoms with E-state index in [9.17, 15) is 9.59 Å². The minimum absolute atomic E-state index is 0.00287. The van der Waals surface area contributed by atoms with Gasteiger partial charge in [-0.05, 0) is 25.1 Å². The molecule has 1 rings (SSSR count). The normalized spacial score (nSPS) is 11.8. The van der Waals surface area contributed by atoms with Gasteiger partial charge in [0.15, 0.2) is 0 Å². The summed E-state index contributed by atoms with van der Waals surface area (Å²) in [5.41, 5.74) is 1.69. The van der Waals surface area contributed by atoms with Crippen molar-refractivity contribution in [3.63, 3.8) is 0 Å². The van der Waals surface area contributed by atoms with Crippen LogP contribution < -0.4 is 10.6 Å². The van der Waals surface area contributed by atoms with E-state index in [1.807, 2.05) is 38.1 Å². The van der Waals surface area contributed by atoms with Crippen molar-refractivity contribution in [1.29, 1.82) is 0 Å². The number of nitrogens with one attached hydrogen (secondary N) is 2. The molecule has 0 fully saturated rings. The molecule has 0 aliphatic rings. The molecule has 0 heterocycles. The molecule has 0 saturated carbocycles. The summed E-state index contributed by atoms with van der Waals surface area (Å²) in [5, 5.41) is 6.14. The third kappa shape index (κ3) is 5.95. The SMILES string of the molecule is CCNC(C)CC(=O)Nc1ccccc1CN(C)C(C)=O. The maximum Gasteiger partial charge on any atom is 0.225 e. The van der Waals surface area contributed by atoms with Gasteiger partial charge >= 0.3 is 0 Å². The number of carbonyl (C=O) groups is 2. The Bertz CT molecular complexity index is 488. The fraction of sp³-hybridized carbons (Fsp3) is 0.500. The highest BCUT2D eigenvalue weighted by Gasteiger charge is 2.12. The maximum absolute atomic E-state index is 12.0. The van der Waals surface area contributed by atoms with Crippen molar-refractivity contribution in [1.82, 2.24) is 10.2 Å². The van der Waals surface area contributed by atoms with Crippen LogP contribution in [-0.2, 0) is 16.1 Å². The standard InChI is InChI=1S/C16H25N3O2/c1-5-17-12(2)10-16(21)18-15-9-7-6-8-14(15)11-19(4)13(3)20/h6-9,12,17H,5,10-11H2,1-4H3,(H,18,21). The third-order valence-electron chi connectivity index (χ3n) is 3.28. The van der Waals surface area contributed by atoms with Crippen LogP contribution in [-0.4, -0.2) is 36.3 Å². The lowest BCUT2D eigenvalue weighted by Gasteiger charge is -2.18. The van der Waals surface area contributed by atoms with Crippen molar-refractivity contribution in [3.05, 3.63) is 29.8 Å². The van der Waals surface area contributed by atoms with Gasteiger partial charge in [0.1, 0.15) is 0 Å². The first-order valence-corrected chi connectivity index (χ1v) is 7.26. The van der Waals surface area contributed by atoms with E-state index in [4.69, 9.17) is 0 Å². The zero-order valence-corrected chi connectivity index (χ0v) is 13.3. The average Bonchev–Trinajstić information content (AvgIpc) is 2.40. The smallest absolute Gasteiger partial charge is 0.225 e. The topological polar surface area (TPSA) is 61.4 Å². The number of nitrogens with zero attached hydrogens (tertiary/aromatic N) is 1. The zero-order chi connectivity index (χ0) is 15.8. The second-order valence-corrected chi connectivity index (χ2v) is 5.24. The van der Waals surface area contributed by atoms with Gasteiger partial charge in [-0.2, -0.15) is 0 Å². The van der Waals surface area contributed by atoms with Crippen molar-refractivity contribution in [2.24, 2.45) is 0 Å². The van der Waals surface area contributed by atoms with E-state index < -0.39 is 0 Å². The Morgan fingerprint density at radius 1 is 1.29 bits per heavy atom. The van der Waals surface area contributed by atoms with Crippen LogP contribution in [0.15, 0.2) is 24.3 Å². The van der Waals surface area contributed by atoms with Gasteiger partial charge in [-0.1, -0.05) is 25.1 Å². The predicted octanol–water partition coefficient (Wildman–Crippen LogP) is 1.99. The molecule has 0 aliphatic carbocycles. The molecule has 5 heteroatoms. The first kappa shape index (κ1) is 17.2. The highest BCUT2D eigenvalue weighted by atomic mass is 16.2. The molecule has 1 atom stereocenters. The Kier molecular flexibility index (Phi) is 6.88. The van der Waals surface area contributed by atoms with E-state index >= 15 is 0 Å². The monoisotopic (exact) mass is 291 g/mol. The second-order valence-electron chi connectivity index (χ2n) is 5.24. The Morgan fingerprint density at radius 2 is 1.95 bits per heavy atom. The first-order chi connectivity index (χ1) is 9.93. The van der Waals surface area contributed by atoms with Crippen molar-refractivity contribution >= 4 is 17.5 Å². The molecule has 0 saturated heterocycles. The average molecular weight is 291 g/mol. The van der Waals surface area contributed by atoms with E-state index in [0.717, 1.165) is 17.8 Å². The Balaban J connectivity index is 2.70. The molecule has 0 radical (unpaired) electrons. The molecule has 0 spiro atoms. The summed E-state index contributed by atoms with van der Waals surface area (Å²) >= 11 is 0. The summed E-state index contributed by atoms with van der Waals surface area (Å²) in [6.07, 6.45) is 0.421. The van der Waals surface area contributed by atoms with Gasteiger partial charge in [-0.25, -0.2) is 0 Å². The van der Waals surface area contributed by atoms with E-state index in [1.165, 1.54) is 6.92 Å². The van der Waals surface area contributed by atoms with Gasteiger partial charge in [0, 0.05) is 38.7 Å². The van der Waals surface area contributed by atoms with E-state index in [-0.39, 0.29) is 17.9 Å².